The number of anilines is 1. The highest BCUT2D eigenvalue weighted by Gasteiger charge is 2.43. The molecule has 4 heterocycles. The van der Waals surface area contributed by atoms with Crippen molar-refractivity contribution in [1.82, 2.24) is 25.0 Å². The first-order chi connectivity index (χ1) is 14.2. The summed E-state index contributed by atoms with van der Waals surface area (Å²) in [5.41, 5.74) is 0.738. The Morgan fingerprint density at radius 1 is 1.37 bits per heavy atom. The predicted molar refractivity (Wildman–Crippen MR) is 102 cm³/mol. The molecule has 30 heavy (non-hydrogen) atoms. The van der Waals surface area contributed by atoms with Crippen molar-refractivity contribution in [2.75, 3.05) is 32.0 Å². The number of carbonyl (C=O) groups excluding carboxylic acids is 2. The minimum atomic E-state index is -4.49. The van der Waals surface area contributed by atoms with E-state index in [-0.39, 0.29) is 6.04 Å². The van der Waals surface area contributed by atoms with Crippen molar-refractivity contribution in [2.24, 2.45) is 0 Å². The lowest BCUT2D eigenvalue weighted by Gasteiger charge is -2.41. The highest BCUT2D eigenvalue weighted by Crippen LogP contribution is 2.33. The second kappa shape index (κ2) is 7.54. The van der Waals surface area contributed by atoms with Gasteiger partial charge in [0, 0.05) is 26.3 Å². The number of nitrogens with zero attached hydrogens (tertiary/aromatic N) is 4. The molecule has 2 N–H and O–H groups in total. The summed E-state index contributed by atoms with van der Waals surface area (Å²) in [6.07, 6.45) is 1.03. The maximum Gasteiger partial charge on any atom is 0.406 e. The summed E-state index contributed by atoms with van der Waals surface area (Å²) in [7, 11) is 1.11. The van der Waals surface area contributed by atoms with Crippen LogP contribution in [0.25, 0.3) is 0 Å². The van der Waals surface area contributed by atoms with Gasteiger partial charge < -0.3 is 15.1 Å². The number of allylic oxidation sites excluding steroid dienone is 1. The molecule has 2 bridgehead atoms. The largest absolute Gasteiger partial charge is 0.406 e. The van der Waals surface area contributed by atoms with E-state index in [0.717, 1.165) is 25.7 Å². The summed E-state index contributed by atoms with van der Waals surface area (Å²) < 4.78 is 38.0. The molecule has 0 spiro atoms. The van der Waals surface area contributed by atoms with Crippen LogP contribution in [0.4, 0.5) is 23.8 Å². The minimum absolute atomic E-state index is 0.116. The second-order valence-electron chi connectivity index (χ2n) is 7.43. The van der Waals surface area contributed by atoms with Crippen LogP contribution in [0.1, 0.15) is 6.42 Å². The van der Waals surface area contributed by atoms with E-state index in [2.05, 4.69) is 20.5 Å². The molecule has 1 saturated heterocycles. The van der Waals surface area contributed by atoms with Gasteiger partial charge in [0.2, 0.25) is 5.91 Å². The Kier molecular flexibility index (Phi) is 5.04. The molecule has 160 valence electrons. The van der Waals surface area contributed by atoms with Crippen LogP contribution in [-0.4, -0.2) is 76.6 Å². The van der Waals surface area contributed by atoms with Crippen molar-refractivity contribution in [3.63, 3.8) is 0 Å². The molecule has 0 saturated carbocycles. The van der Waals surface area contributed by atoms with E-state index in [9.17, 15) is 22.8 Å². The third-order valence-corrected chi connectivity index (χ3v) is 5.27. The van der Waals surface area contributed by atoms with E-state index in [1.165, 1.54) is 6.08 Å². The molecule has 3 amide bonds. The number of fused-ring (bicyclic) bond motifs is 3. The first kappa shape index (κ1) is 20.0. The number of alkyl halides is 3. The third kappa shape index (κ3) is 3.91. The Labute approximate surface area is 171 Å². The van der Waals surface area contributed by atoms with E-state index >= 15 is 0 Å². The molecule has 0 radical (unpaired) electrons. The lowest BCUT2D eigenvalue weighted by atomic mass is 10.1. The number of nitrogens with one attached hydrogen (secondary N) is 2. The molecule has 1 aromatic heterocycles. The summed E-state index contributed by atoms with van der Waals surface area (Å²) in [4.78, 5) is 33.9. The molecule has 3 aliphatic heterocycles. The van der Waals surface area contributed by atoms with E-state index in [0.29, 0.717) is 23.1 Å². The lowest BCUT2D eigenvalue weighted by Crippen LogP contribution is -2.56. The average molecular weight is 422 g/mol. The van der Waals surface area contributed by atoms with Crippen LogP contribution < -0.4 is 10.6 Å². The molecule has 0 aliphatic carbocycles. The predicted octanol–water partition coefficient (Wildman–Crippen LogP) is 1.72. The number of rotatable bonds is 3. The fourth-order valence-corrected chi connectivity index (χ4v) is 3.94. The van der Waals surface area contributed by atoms with E-state index in [1.807, 2.05) is 0 Å². The normalized spacial score (nSPS) is 22.5. The topological polar surface area (TPSA) is 80.8 Å². The number of urea groups is 1. The van der Waals surface area contributed by atoms with Crippen molar-refractivity contribution < 1.29 is 22.8 Å². The van der Waals surface area contributed by atoms with Gasteiger partial charge in [-0.15, -0.1) is 0 Å². The minimum Gasteiger partial charge on any atom is -0.366 e. The van der Waals surface area contributed by atoms with Crippen LogP contribution in [0.5, 0.6) is 0 Å². The quantitative estimate of drug-likeness (QED) is 0.776. The molecule has 4 rings (SSSR count). The first-order valence-corrected chi connectivity index (χ1v) is 9.50. The molecular formula is C19H21F3N6O2. The van der Waals surface area contributed by atoms with Crippen LogP contribution in [0.15, 0.2) is 48.1 Å². The standard InChI is InChI=1S/C19H21F3N6O2/c1-26(11-19(20,21)22)17(29)13-5-6-14-16(24-13)28(12-7-9-27(14)10-12)18(30)25-15-4-2-3-8-23-15/h2-6,8,12-13,24H,7,9-11H2,1H3,(H,23,25,30)/t12-,13?/m0/s1. The van der Waals surface area contributed by atoms with Gasteiger partial charge in [-0.2, -0.15) is 13.2 Å². The van der Waals surface area contributed by atoms with Crippen molar-refractivity contribution in [3.8, 4) is 0 Å². The van der Waals surface area contributed by atoms with Crippen molar-refractivity contribution in [1.29, 1.82) is 0 Å². The summed E-state index contributed by atoms with van der Waals surface area (Å²) in [6.45, 7) is 0.0466. The highest BCUT2D eigenvalue weighted by molar-refractivity contribution is 5.91. The maximum atomic E-state index is 13.0. The fraction of sp³-hybridized carbons (Fsp3) is 0.421. The van der Waals surface area contributed by atoms with Gasteiger partial charge >= 0.3 is 12.2 Å². The number of pyridine rings is 1. The first-order valence-electron chi connectivity index (χ1n) is 9.50. The Morgan fingerprint density at radius 3 is 2.87 bits per heavy atom. The summed E-state index contributed by atoms with van der Waals surface area (Å²) >= 11 is 0. The number of amides is 3. The SMILES string of the molecule is CN(CC(F)(F)F)C(=O)C1C=CC2=C(N1)N(C(=O)Nc1ccccn1)[C@H]1CCN2C1. The van der Waals surface area contributed by atoms with Gasteiger partial charge in [-0.3, -0.25) is 15.0 Å². The molecule has 11 heteroatoms. The number of likely N-dealkylation sites (N-methyl/N-ethyl adjacent to an activating group) is 1. The number of dihydropyridines is 1. The molecule has 1 aromatic rings. The van der Waals surface area contributed by atoms with Gasteiger partial charge in [0.1, 0.15) is 24.2 Å². The van der Waals surface area contributed by atoms with Crippen molar-refractivity contribution in [2.45, 2.75) is 24.7 Å². The van der Waals surface area contributed by atoms with Crippen LogP contribution in [-0.2, 0) is 4.79 Å². The van der Waals surface area contributed by atoms with Crippen LogP contribution >= 0.6 is 0 Å². The smallest absolute Gasteiger partial charge is 0.366 e. The lowest BCUT2D eigenvalue weighted by molar-refractivity contribution is -0.158. The number of hydrogen-bond acceptors (Lipinski definition) is 5. The van der Waals surface area contributed by atoms with Crippen LogP contribution in [0.3, 0.4) is 0 Å². The molecule has 3 aliphatic rings. The summed E-state index contributed by atoms with van der Waals surface area (Å²) in [5.74, 6) is 0.0699. The van der Waals surface area contributed by atoms with Crippen LogP contribution in [0, 0.1) is 0 Å². The van der Waals surface area contributed by atoms with Gasteiger partial charge in [0.25, 0.3) is 0 Å². The number of halogens is 3. The van der Waals surface area contributed by atoms with E-state index in [1.54, 1.807) is 35.4 Å². The van der Waals surface area contributed by atoms with Gasteiger partial charge in [0.05, 0.1) is 11.7 Å². The number of aromatic nitrogens is 1. The average Bonchev–Trinajstić information content (AvgIpc) is 3.11. The zero-order chi connectivity index (χ0) is 21.5. The van der Waals surface area contributed by atoms with Gasteiger partial charge in [-0.1, -0.05) is 12.1 Å². The fourth-order valence-electron chi connectivity index (χ4n) is 3.94. The monoisotopic (exact) mass is 422 g/mol. The Hall–Kier alpha value is -3.24. The Bertz CT molecular complexity index is 901. The number of carbonyl (C=O) groups is 2. The molecule has 2 atom stereocenters. The summed E-state index contributed by atoms with van der Waals surface area (Å²) in [5, 5.41) is 5.72. The summed E-state index contributed by atoms with van der Waals surface area (Å²) in [6, 6.07) is 3.60. The third-order valence-electron chi connectivity index (χ3n) is 5.27. The molecule has 1 unspecified atom stereocenters. The molecule has 0 aromatic carbocycles. The Morgan fingerprint density at radius 2 is 2.17 bits per heavy atom. The number of hydrogen-bond donors (Lipinski definition) is 2. The van der Waals surface area contributed by atoms with Crippen LogP contribution in [0.2, 0.25) is 0 Å². The molecule has 8 nitrogen and oxygen atoms in total. The van der Waals surface area contributed by atoms with Crippen molar-refractivity contribution in [3.05, 3.63) is 48.1 Å². The highest BCUT2D eigenvalue weighted by atomic mass is 19.4. The van der Waals surface area contributed by atoms with E-state index < -0.39 is 30.7 Å². The van der Waals surface area contributed by atoms with E-state index in [4.69, 9.17) is 0 Å². The van der Waals surface area contributed by atoms with Gasteiger partial charge in [-0.25, -0.2) is 9.78 Å². The van der Waals surface area contributed by atoms with Crippen molar-refractivity contribution >= 4 is 17.8 Å². The molecule has 1 fully saturated rings. The zero-order valence-electron chi connectivity index (χ0n) is 16.2. The second-order valence-corrected chi connectivity index (χ2v) is 7.43. The maximum absolute atomic E-state index is 13.0. The Balaban J connectivity index is 1.55. The van der Waals surface area contributed by atoms with Gasteiger partial charge in [0.15, 0.2) is 0 Å². The zero-order valence-corrected chi connectivity index (χ0v) is 16.2. The molecular weight excluding hydrogens is 401 g/mol. The van der Waals surface area contributed by atoms with Gasteiger partial charge in [-0.05, 0) is 24.6 Å².